The van der Waals surface area contributed by atoms with Crippen LogP contribution in [0.4, 0.5) is 0 Å². The van der Waals surface area contributed by atoms with Gasteiger partial charge in [0.05, 0.1) is 17.6 Å². The van der Waals surface area contributed by atoms with Crippen LogP contribution in [0.5, 0.6) is 11.5 Å². The number of nitrogens with zero attached hydrogens (tertiary/aromatic N) is 4. The number of benzene rings is 1. The third kappa shape index (κ3) is 3.38. The van der Waals surface area contributed by atoms with Gasteiger partial charge in [-0.3, -0.25) is 4.79 Å². The van der Waals surface area contributed by atoms with Gasteiger partial charge >= 0.3 is 0 Å². The van der Waals surface area contributed by atoms with E-state index in [9.17, 15) is 4.79 Å². The Morgan fingerprint density at radius 2 is 1.91 bits per heavy atom. The van der Waals surface area contributed by atoms with Gasteiger partial charge in [0, 0.05) is 35.8 Å². The van der Waals surface area contributed by atoms with Crippen molar-refractivity contribution >= 4 is 17.5 Å². The number of hydrogen-bond acceptors (Lipinski definition) is 7. The van der Waals surface area contributed by atoms with Crippen LogP contribution < -0.4 is 9.47 Å². The number of furan rings is 1. The number of rotatable bonds is 6. The van der Waals surface area contributed by atoms with Crippen molar-refractivity contribution in [3.05, 3.63) is 59.3 Å². The SMILES string of the molecule is Cc1occc1-c1nnc(SCC(=O)c2cc(C)n(-c3ccc4c(c3)OCO4)c2C)n1C. The van der Waals surface area contributed by atoms with E-state index in [0.717, 1.165) is 34.1 Å². The zero-order chi connectivity index (χ0) is 22.4. The molecule has 0 unspecified atom stereocenters. The number of hydrogen-bond donors (Lipinski definition) is 0. The van der Waals surface area contributed by atoms with Crippen LogP contribution in [0.2, 0.25) is 0 Å². The molecule has 4 heterocycles. The third-order valence-electron chi connectivity index (χ3n) is 5.61. The van der Waals surface area contributed by atoms with E-state index < -0.39 is 0 Å². The number of carbonyl (C=O) groups is 1. The van der Waals surface area contributed by atoms with Crippen molar-refractivity contribution in [3.63, 3.8) is 0 Å². The molecule has 0 aliphatic carbocycles. The molecule has 164 valence electrons. The summed E-state index contributed by atoms with van der Waals surface area (Å²) in [6.07, 6.45) is 1.63. The standard InChI is InChI=1S/C23H22N4O4S/c1-13-9-18(14(2)27(13)16-5-6-20-21(10-16)31-12-30-20)19(28)11-32-23-25-24-22(26(23)4)17-7-8-29-15(17)3/h5-10H,11-12H2,1-4H3. The van der Waals surface area contributed by atoms with Gasteiger partial charge in [-0.15, -0.1) is 10.2 Å². The van der Waals surface area contributed by atoms with Gasteiger partial charge in [-0.05, 0) is 45.0 Å². The Kier molecular flexibility index (Phi) is 5.05. The molecule has 1 aliphatic heterocycles. The molecule has 1 aromatic carbocycles. The lowest BCUT2D eigenvalue weighted by atomic mass is 10.2. The zero-order valence-electron chi connectivity index (χ0n) is 18.2. The van der Waals surface area contributed by atoms with Gasteiger partial charge in [0.1, 0.15) is 5.76 Å². The summed E-state index contributed by atoms with van der Waals surface area (Å²) >= 11 is 1.37. The summed E-state index contributed by atoms with van der Waals surface area (Å²) in [6.45, 7) is 6.06. The van der Waals surface area contributed by atoms with Crippen molar-refractivity contribution in [1.82, 2.24) is 19.3 Å². The first-order valence-electron chi connectivity index (χ1n) is 10.1. The second-order valence-electron chi connectivity index (χ2n) is 7.63. The minimum atomic E-state index is 0.0409. The number of aryl methyl sites for hydroxylation is 2. The molecule has 4 aromatic rings. The Bertz CT molecular complexity index is 1330. The smallest absolute Gasteiger partial charge is 0.231 e. The fourth-order valence-corrected chi connectivity index (χ4v) is 4.76. The largest absolute Gasteiger partial charge is 0.469 e. The number of thioether (sulfide) groups is 1. The van der Waals surface area contributed by atoms with Gasteiger partial charge in [0.15, 0.2) is 28.3 Å². The normalized spacial score (nSPS) is 12.5. The lowest BCUT2D eigenvalue weighted by Crippen LogP contribution is -2.06. The molecule has 0 fully saturated rings. The summed E-state index contributed by atoms with van der Waals surface area (Å²) in [5, 5.41) is 9.20. The number of ether oxygens (including phenoxy) is 2. The number of aromatic nitrogens is 4. The second-order valence-corrected chi connectivity index (χ2v) is 8.57. The van der Waals surface area contributed by atoms with Crippen LogP contribution in [0, 0.1) is 20.8 Å². The van der Waals surface area contributed by atoms with E-state index in [1.54, 1.807) is 6.26 Å². The second kappa shape index (κ2) is 7.90. The van der Waals surface area contributed by atoms with E-state index in [1.807, 2.05) is 62.7 Å². The van der Waals surface area contributed by atoms with E-state index in [4.69, 9.17) is 13.9 Å². The predicted octanol–water partition coefficient (Wildman–Crippen LogP) is 4.49. The maximum atomic E-state index is 13.1. The van der Waals surface area contributed by atoms with Crippen molar-refractivity contribution in [2.24, 2.45) is 7.05 Å². The Hall–Kier alpha value is -3.46. The summed E-state index contributed by atoms with van der Waals surface area (Å²) < 4.78 is 20.2. The summed E-state index contributed by atoms with van der Waals surface area (Å²) in [5.74, 6) is 3.25. The van der Waals surface area contributed by atoms with Gasteiger partial charge in [-0.25, -0.2) is 0 Å². The molecule has 0 saturated carbocycles. The van der Waals surface area contributed by atoms with Crippen LogP contribution in [0.3, 0.4) is 0 Å². The Labute approximate surface area is 189 Å². The number of ketones is 1. The van der Waals surface area contributed by atoms with Crippen molar-refractivity contribution in [2.75, 3.05) is 12.5 Å². The maximum absolute atomic E-state index is 13.1. The van der Waals surface area contributed by atoms with Gasteiger partial charge in [0.2, 0.25) is 6.79 Å². The number of Topliss-reactive ketones (excluding diaryl/α,β-unsaturated/α-hetero) is 1. The molecule has 0 N–H and O–H groups in total. The first-order chi connectivity index (χ1) is 15.4. The molecule has 0 atom stereocenters. The molecule has 0 bridgehead atoms. The number of carbonyl (C=O) groups excluding carboxylic acids is 1. The van der Waals surface area contributed by atoms with E-state index in [-0.39, 0.29) is 18.3 Å². The third-order valence-corrected chi connectivity index (χ3v) is 6.63. The molecule has 9 heteroatoms. The van der Waals surface area contributed by atoms with E-state index >= 15 is 0 Å². The fraction of sp³-hybridized carbons (Fsp3) is 0.261. The number of fused-ring (bicyclic) bond motifs is 1. The summed E-state index contributed by atoms with van der Waals surface area (Å²) in [7, 11) is 1.89. The molecule has 0 radical (unpaired) electrons. The summed E-state index contributed by atoms with van der Waals surface area (Å²) in [4.78, 5) is 13.1. The predicted molar refractivity (Wildman–Crippen MR) is 120 cm³/mol. The molecule has 0 amide bonds. The molecule has 8 nitrogen and oxygen atoms in total. The molecular weight excluding hydrogens is 428 g/mol. The lowest BCUT2D eigenvalue weighted by Gasteiger charge is -2.10. The monoisotopic (exact) mass is 450 g/mol. The van der Waals surface area contributed by atoms with Gasteiger partial charge < -0.3 is 23.0 Å². The highest BCUT2D eigenvalue weighted by molar-refractivity contribution is 7.99. The van der Waals surface area contributed by atoms with Crippen LogP contribution in [0.15, 0.2) is 46.2 Å². The topological polar surface area (TPSA) is 84.3 Å². The van der Waals surface area contributed by atoms with E-state index in [0.29, 0.717) is 22.3 Å². The molecule has 32 heavy (non-hydrogen) atoms. The van der Waals surface area contributed by atoms with Crippen LogP contribution >= 0.6 is 11.8 Å². The molecular formula is C23H22N4O4S. The summed E-state index contributed by atoms with van der Waals surface area (Å²) in [6, 6.07) is 9.59. The fourth-order valence-electron chi connectivity index (χ4n) is 3.97. The van der Waals surface area contributed by atoms with Crippen LogP contribution in [-0.4, -0.2) is 37.7 Å². The Morgan fingerprint density at radius 1 is 1.09 bits per heavy atom. The first kappa shape index (κ1) is 20.4. The molecule has 1 aliphatic rings. The highest BCUT2D eigenvalue weighted by Gasteiger charge is 2.21. The van der Waals surface area contributed by atoms with Crippen molar-refractivity contribution in [1.29, 1.82) is 0 Å². The van der Waals surface area contributed by atoms with Gasteiger partial charge in [-0.2, -0.15) is 0 Å². The van der Waals surface area contributed by atoms with Crippen molar-refractivity contribution in [3.8, 4) is 28.6 Å². The van der Waals surface area contributed by atoms with E-state index in [2.05, 4.69) is 14.8 Å². The van der Waals surface area contributed by atoms with Crippen molar-refractivity contribution in [2.45, 2.75) is 25.9 Å². The van der Waals surface area contributed by atoms with Gasteiger partial charge in [-0.1, -0.05) is 11.8 Å². The maximum Gasteiger partial charge on any atom is 0.231 e. The van der Waals surface area contributed by atoms with Crippen LogP contribution in [0.25, 0.3) is 17.1 Å². The minimum absolute atomic E-state index is 0.0409. The highest BCUT2D eigenvalue weighted by Crippen LogP contribution is 2.35. The molecule has 3 aromatic heterocycles. The average molecular weight is 451 g/mol. The minimum Gasteiger partial charge on any atom is -0.469 e. The molecule has 0 saturated heterocycles. The Balaban J connectivity index is 1.36. The van der Waals surface area contributed by atoms with Crippen molar-refractivity contribution < 1.29 is 18.7 Å². The summed E-state index contributed by atoms with van der Waals surface area (Å²) in [5.41, 5.74) is 4.39. The van der Waals surface area contributed by atoms with Gasteiger partial charge in [0.25, 0.3) is 0 Å². The Morgan fingerprint density at radius 3 is 2.69 bits per heavy atom. The average Bonchev–Trinajstić information content (AvgIpc) is 3.54. The zero-order valence-corrected chi connectivity index (χ0v) is 19.0. The van der Waals surface area contributed by atoms with E-state index in [1.165, 1.54) is 11.8 Å². The molecule has 0 spiro atoms. The quantitative estimate of drug-likeness (QED) is 0.316. The highest BCUT2D eigenvalue weighted by atomic mass is 32.2. The van der Waals surface area contributed by atoms with Crippen LogP contribution in [0.1, 0.15) is 27.5 Å². The lowest BCUT2D eigenvalue weighted by molar-refractivity contribution is 0.102. The molecule has 5 rings (SSSR count). The van der Waals surface area contributed by atoms with Crippen LogP contribution in [-0.2, 0) is 7.05 Å². The first-order valence-corrected chi connectivity index (χ1v) is 11.1.